The zero-order chi connectivity index (χ0) is 32.4. The number of phenolic OH excluding ortho intramolecular Hbond substituents is 1. The van der Waals surface area contributed by atoms with Crippen LogP contribution in [0.2, 0.25) is 0 Å². The Morgan fingerprint density at radius 3 is 2.40 bits per heavy atom. The van der Waals surface area contributed by atoms with Gasteiger partial charge in [-0.05, 0) is 87.1 Å². The predicted octanol–water partition coefficient (Wildman–Crippen LogP) is 3.40. The standard InChI is InChI=1S/C35H41N3O7/c1-37(2)29-24-16-20-15-23-22(19-9-7-8-18(14-19)17-38(3)21-10-5-4-6-11-21)12-13-25(39)27(23)30(40)26(20)32(42)35(24,45)33(43)28(31(29)41)34(36)44/h7-9,12-14,20-21,24,29,39-40,43,45H,4-6,10-11,15-17H2,1-3H3,(H2,36,44)/t20-,24-,29-,35-/m0/s1. The van der Waals surface area contributed by atoms with Gasteiger partial charge in [-0.1, -0.05) is 43.5 Å². The Hall–Kier alpha value is -3.99. The molecule has 0 saturated heterocycles. The van der Waals surface area contributed by atoms with Crippen LogP contribution in [0.1, 0.15) is 55.2 Å². The summed E-state index contributed by atoms with van der Waals surface area (Å²) in [4.78, 5) is 43.6. The number of amides is 1. The summed E-state index contributed by atoms with van der Waals surface area (Å²) >= 11 is 0. The average molecular weight is 616 g/mol. The molecule has 2 saturated carbocycles. The number of ketones is 2. The minimum absolute atomic E-state index is 0.0487. The smallest absolute Gasteiger partial charge is 0.255 e. The molecule has 0 radical (unpaired) electrons. The van der Waals surface area contributed by atoms with Gasteiger partial charge in [0.2, 0.25) is 5.78 Å². The molecule has 4 aliphatic carbocycles. The van der Waals surface area contributed by atoms with Gasteiger partial charge >= 0.3 is 0 Å². The molecule has 2 fully saturated rings. The maximum Gasteiger partial charge on any atom is 0.255 e. The van der Waals surface area contributed by atoms with Crippen LogP contribution in [0.3, 0.4) is 0 Å². The van der Waals surface area contributed by atoms with Crippen LogP contribution in [0.15, 0.2) is 53.3 Å². The highest BCUT2D eigenvalue weighted by Crippen LogP contribution is 2.53. The van der Waals surface area contributed by atoms with Gasteiger partial charge < -0.3 is 26.2 Å². The number of carbonyl (C=O) groups is 3. The van der Waals surface area contributed by atoms with Crippen LogP contribution in [0.25, 0.3) is 16.9 Å². The van der Waals surface area contributed by atoms with E-state index in [1.54, 1.807) is 20.2 Å². The predicted molar refractivity (Wildman–Crippen MR) is 168 cm³/mol. The third kappa shape index (κ3) is 4.86. The molecule has 10 heteroatoms. The Bertz CT molecular complexity index is 1650. The van der Waals surface area contributed by atoms with Gasteiger partial charge in [0.25, 0.3) is 5.91 Å². The van der Waals surface area contributed by atoms with Gasteiger partial charge in [-0.25, -0.2) is 0 Å². The number of phenols is 1. The number of rotatable bonds is 6. The molecule has 6 N–H and O–H groups in total. The minimum atomic E-state index is -2.66. The van der Waals surface area contributed by atoms with Crippen molar-refractivity contribution in [3.63, 3.8) is 0 Å². The number of likely N-dealkylation sites (N-methyl/N-ethyl adjacent to an activating group) is 1. The molecule has 0 bridgehead atoms. The number of nitrogens with zero attached hydrogens (tertiary/aromatic N) is 2. The summed E-state index contributed by atoms with van der Waals surface area (Å²) in [6, 6.07) is 10.9. The molecule has 4 atom stereocenters. The first-order valence-electron chi connectivity index (χ1n) is 15.6. The molecule has 238 valence electrons. The van der Waals surface area contributed by atoms with E-state index in [0.29, 0.717) is 11.6 Å². The molecule has 10 nitrogen and oxygen atoms in total. The number of Topliss-reactive ketones (excluding diaryl/α,β-unsaturated/α-hetero) is 2. The number of aliphatic hydroxyl groups excluding tert-OH is 2. The third-order valence-corrected chi connectivity index (χ3v) is 10.5. The molecule has 6 rings (SSSR count). The first-order valence-corrected chi connectivity index (χ1v) is 15.6. The van der Waals surface area contributed by atoms with E-state index in [4.69, 9.17) is 5.73 Å². The van der Waals surface area contributed by atoms with Crippen molar-refractivity contribution in [2.45, 2.75) is 69.2 Å². The number of nitrogens with two attached hydrogens (primary N) is 1. The fourth-order valence-electron chi connectivity index (χ4n) is 8.29. The fourth-order valence-corrected chi connectivity index (χ4v) is 8.29. The molecule has 0 unspecified atom stereocenters. The Morgan fingerprint density at radius 2 is 1.73 bits per heavy atom. The molecule has 0 aromatic heterocycles. The second kappa shape index (κ2) is 11.4. The van der Waals surface area contributed by atoms with Gasteiger partial charge in [0.1, 0.15) is 22.8 Å². The Morgan fingerprint density at radius 1 is 1.02 bits per heavy atom. The zero-order valence-corrected chi connectivity index (χ0v) is 25.9. The number of hydrogen-bond acceptors (Lipinski definition) is 9. The minimum Gasteiger partial charge on any atom is -0.508 e. The Labute approximate surface area is 262 Å². The molecule has 1 amide bonds. The number of hydrogen-bond donors (Lipinski definition) is 5. The molecular formula is C35H41N3O7. The van der Waals surface area contributed by atoms with Crippen LogP contribution in [-0.4, -0.2) is 86.5 Å². The summed E-state index contributed by atoms with van der Waals surface area (Å²) in [7, 11) is 5.33. The first kappa shape index (κ1) is 31.0. The van der Waals surface area contributed by atoms with E-state index in [0.717, 1.165) is 23.2 Å². The quantitative estimate of drug-likeness (QED) is 0.306. The van der Waals surface area contributed by atoms with E-state index >= 15 is 0 Å². The normalized spacial score (nSPS) is 27.1. The maximum absolute atomic E-state index is 14.1. The lowest BCUT2D eigenvalue weighted by Crippen LogP contribution is -2.65. The molecule has 4 aliphatic rings. The van der Waals surface area contributed by atoms with E-state index in [2.05, 4.69) is 24.1 Å². The van der Waals surface area contributed by atoms with Gasteiger partial charge in [-0.3, -0.25) is 24.2 Å². The molecule has 2 aromatic carbocycles. The lowest BCUT2D eigenvalue weighted by atomic mass is 9.57. The average Bonchev–Trinajstić information content (AvgIpc) is 2.99. The lowest BCUT2D eigenvalue weighted by Gasteiger charge is -2.50. The van der Waals surface area contributed by atoms with Gasteiger partial charge in [-0.2, -0.15) is 0 Å². The van der Waals surface area contributed by atoms with Gasteiger partial charge in [0.05, 0.1) is 11.6 Å². The molecule has 0 spiro atoms. The largest absolute Gasteiger partial charge is 0.508 e. The number of aliphatic hydroxyl groups is 3. The number of primary amides is 1. The summed E-state index contributed by atoms with van der Waals surface area (Å²) in [6.45, 7) is 0.787. The highest BCUT2D eigenvalue weighted by atomic mass is 16.3. The highest BCUT2D eigenvalue weighted by Gasteiger charge is 2.64. The summed E-state index contributed by atoms with van der Waals surface area (Å²) < 4.78 is 0. The van der Waals surface area contributed by atoms with E-state index in [1.165, 1.54) is 43.1 Å². The van der Waals surface area contributed by atoms with Crippen molar-refractivity contribution in [2.24, 2.45) is 17.6 Å². The van der Waals surface area contributed by atoms with Crippen molar-refractivity contribution in [2.75, 3.05) is 21.1 Å². The number of fused-ring (bicyclic) bond motifs is 3. The van der Waals surface area contributed by atoms with Crippen molar-refractivity contribution < 1.29 is 34.8 Å². The highest BCUT2D eigenvalue weighted by molar-refractivity contribution is 6.24. The van der Waals surface area contributed by atoms with Crippen LogP contribution in [-0.2, 0) is 27.3 Å². The Balaban J connectivity index is 1.43. The van der Waals surface area contributed by atoms with E-state index in [1.807, 2.05) is 12.1 Å². The zero-order valence-electron chi connectivity index (χ0n) is 25.9. The molecular weight excluding hydrogens is 574 g/mol. The molecule has 45 heavy (non-hydrogen) atoms. The summed E-state index contributed by atoms with van der Waals surface area (Å²) in [5.74, 6) is -6.59. The van der Waals surface area contributed by atoms with Crippen molar-refractivity contribution in [1.29, 1.82) is 0 Å². The summed E-state index contributed by atoms with van der Waals surface area (Å²) in [6.07, 6.45) is 6.48. The van der Waals surface area contributed by atoms with E-state index in [9.17, 15) is 34.8 Å². The lowest BCUT2D eigenvalue weighted by molar-refractivity contribution is -0.153. The fraction of sp³-hybridized carbons (Fsp3) is 0.457. The van der Waals surface area contributed by atoms with Crippen LogP contribution < -0.4 is 5.73 Å². The van der Waals surface area contributed by atoms with Crippen LogP contribution in [0.4, 0.5) is 0 Å². The second-order valence-electron chi connectivity index (χ2n) is 13.4. The SMILES string of the molecule is CN(Cc1cccc(-c2ccc(O)c3c2C[C@H]2C[C@H]4[C@H](N(C)C)C(=O)C(C(N)=O)=C(O)[C@@]4(O)C(=O)C2=C3O)c1)C1CCCCC1. The van der Waals surface area contributed by atoms with Crippen molar-refractivity contribution in [3.05, 3.63) is 70.0 Å². The molecule has 0 aliphatic heterocycles. The van der Waals surface area contributed by atoms with Crippen molar-refractivity contribution >= 4 is 23.2 Å². The summed E-state index contributed by atoms with van der Waals surface area (Å²) in [5.41, 5.74) is 5.36. The maximum atomic E-state index is 14.1. The number of aromatic hydroxyl groups is 1. The van der Waals surface area contributed by atoms with Crippen molar-refractivity contribution in [3.8, 4) is 16.9 Å². The first-order chi connectivity index (χ1) is 21.4. The Kier molecular flexibility index (Phi) is 7.87. The van der Waals surface area contributed by atoms with Crippen LogP contribution >= 0.6 is 0 Å². The third-order valence-electron chi connectivity index (χ3n) is 10.5. The number of carbonyl (C=O) groups excluding carboxylic acids is 3. The summed E-state index contributed by atoms with van der Waals surface area (Å²) in [5, 5.41) is 45.4. The van der Waals surface area contributed by atoms with E-state index in [-0.39, 0.29) is 29.7 Å². The molecule has 2 aromatic rings. The second-order valence-corrected chi connectivity index (χ2v) is 13.4. The van der Waals surface area contributed by atoms with E-state index < -0.39 is 58.0 Å². The monoisotopic (exact) mass is 615 g/mol. The van der Waals surface area contributed by atoms with Crippen LogP contribution in [0, 0.1) is 11.8 Å². The van der Waals surface area contributed by atoms with Gasteiger partial charge in [0, 0.05) is 24.1 Å². The van der Waals surface area contributed by atoms with Gasteiger partial charge in [0.15, 0.2) is 11.4 Å². The van der Waals surface area contributed by atoms with Crippen LogP contribution in [0.5, 0.6) is 5.75 Å². The topological polar surface area (TPSA) is 165 Å². The van der Waals surface area contributed by atoms with Gasteiger partial charge in [-0.15, -0.1) is 0 Å². The molecule has 0 heterocycles. The number of benzene rings is 2. The van der Waals surface area contributed by atoms with Crippen molar-refractivity contribution in [1.82, 2.24) is 9.80 Å².